The highest BCUT2D eigenvalue weighted by atomic mass is 15.2. The van der Waals surface area contributed by atoms with Crippen LogP contribution in [0, 0.1) is 16.2 Å². The van der Waals surface area contributed by atoms with Crippen molar-refractivity contribution in [1.29, 1.82) is 0 Å². The van der Waals surface area contributed by atoms with Crippen LogP contribution in [0.25, 0.3) is 99.5 Å². The molecule has 2 aromatic heterocycles. The van der Waals surface area contributed by atoms with Crippen molar-refractivity contribution in [2.75, 3.05) is 9.80 Å². The topological polar surface area (TPSA) is 16.3 Å². The fourth-order valence-corrected chi connectivity index (χ4v) is 18.0. The zero-order valence-electron chi connectivity index (χ0n) is 75.0. The molecule has 0 saturated carbocycles. The van der Waals surface area contributed by atoms with Gasteiger partial charge >= 0.3 is 0 Å². The summed E-state index contributed by atoms with van der Waals surface area (Å²) in [6.45, 7) is 46.6. The van der Waals surface area contributed by atoms with Crippen LogP contribution in [-0.2, 0) is 40.8 Å². The number of hydrogen-bond donors (Lipinski definition) is 0. The minimum Gasteiger partial charge on any atom is -0.311 e. The molecule has 4 heterocycles. The Hall–Kier alpha value is -10.9. The van der Waals surface area contributed by atoms with E-state index in [-0.39, 0.29) is 33.8 Å². The van der Waals surface area contributed by atoms with Crippen molar-refractivity contribution in [2.24, 2.45) is 16.2 Å². The summed E-state index contributed by atoms with van der Waals surface area (Å²) in [6.07, 6.45) is -2.91. The zero-order chi connectivity index (χ0) is 83.8. The van der Waals surface area contributed by atoms with Gasteiger partial charge in [-0.25, -0.2) is 0 Å². The number of anilines is 6. The van der Waals surface area contributed by atoms with E-state index in [9.17, 15) is 5.48 Å². The van der Waals surface area contributed by atoms with Gasteiger partial charge in [0.2, 0.25) is 0 Å². The Morgan fingerprint density at radius 3 is 0.851 bits per heavy atom. The first-order chi connectivity index (χ1) is 55.5. The van der Waals surface area contributed by atoms with Crippen LogP contribution in [0.2, 0.25) is 0 Å². The summed E-state index contributed by atoms with van der Waals surface area (Å²) in [4.78, 5) is 5.19. The third kappa shape index (κ3) is 13.9. The lowest BCUT2D eigenvalue weighted by molar-refractivity contribution is 0.411. The largest absolute Gasteiger partial charge is 0.311 e. The molecule has 0 bridgehead atoms. The summed E-state index contributed by atoms with van der Waals surface area (Å²) < 4.78 is 46.9. The second-order valence-corrected chi connectivity index (χ2v) is 40.0. The summed E-state index contributed by atoms with van der Waals surface area (Å²) in [7, 11) is 0. The molecule has 0 radical (unpaired) electrons. The van der Waals surface area contributed by atoms with Crippen LogP contribution in [0.15, 0.2) is 267 Å². The molecule has 2 aliphatic heterocycles. The van der Waals surface area contributed by atoms with E-state index in [0.29, 0.717) is 11.1 Å². The van der Waals surface area contributed by atoms with Gasteiger partial charge in [0.05, 0.1) is 33.4 Å². The molecule has 2 aliphatic rings. The quantitative estimate of drug-likeness (QED) is 0.120. The van der Waals surface area contributed by atoms with E-state index in [4.69, 9.17) is 0 Å². The van der Waals surface area contributed by atoms with Crippen molar-refractivity contribution in [2.45, 2.75) is 186 Å². The Bertz CT molecular complexity index is 5970. The maximum atomic E-state index is 10.5. The summed E-state index contributed by atoms with van der Waals surface area (Å²) in [5.74, 6) is 0. The average molecular weight is 1490 g/mol. The molecule has 0 aliphatic carbocycles. The predicted molar refractivity (Wildman–Crippen MR) is 495 cm³/mol. The first-order valence-corrected chi connectivity index (χ1v) is 41.3. The van der Waals surface area contributed by atoms with E-state index >= 15 is 0 Å². The van der Waals surface area contributed by atoms with Gasteiger partial charge in [-0.1, -0.05) is 303 Å². The van der Waals surface area contributed by atoms with Gasteiger partial charge < -0.3 is 18.9 Å². The summed E-state index contributed by atoms with van der Waals surface area (Å²) >= 11 is 0. The van der Waals surface area contributed by atoms with E-state index in [0.717, 1.165) is 140 Å². The molecule has 0 atom stereocenters. The molecule has 4 nitrogen and oxygen atoms in total. The van der Waals surface area contributed by atoms with Gasteiger partial charge in [0.25, 0.3) is 6.71 Å². The van der Waals surface area contributed by atoms with Gasteiger partial charge in [0.1, 0.15) is 0 Å². The van der Waals surface area contributed by atoms with Gasteiger partial charge in [-0.15, -0.1) is 0 Å². The molecule has 5 heteroatoms. The maximum Gasteiger partial charge on any atom is 0.252 e. The Kier molecular flexibility index (Phi) is 17.1. The second kappa shape index (κ2) is 27.4. The Morgan fingerprint density at radius 1 is 0.272 bits per heavy atom. The van der Waals surface area contributed by atoms with E-state index in [2.05, 4.69) is 390 Å². The van der Waals surface area contributed by atoms with E-state index < -0.39 is 23.6 Å². The van der Waals surface area contributed by atoms with Crippen LogP contribution < -0.4 is 26.2 Å². The highest BCUT2D eigenvalue weighted by Gasteiger charge is 2.46. The van der Waals surface area contributed by atoms with Crippen molar-refractivity contribution >= 4 is 101 Å². The fraction of sp³-hybridized carbons (Fsp3) is 0.284. The van der Waals surface area contributed by atoms with Gasteiger partial charge in [-0.05, 0) is 255 Å². The highest BCUT2D eigenvalue weighted by molar-refractivity contribution is 7.00. The zero-order valence-corrected chi connectivity index (χ0v) is 71.0. The number of nitrogens with zero attached hydrogens (tertiary/aromatic N) is 4. The fourth-order valence-electron chi connectivity index (χ4n) is 18.0. The molecule has 0 unspecified atom stereocenters. The molecule has 0 amide bonds. The van der Waals surface area contributed by atoms with Crippen LogP contribution in [0.4, 0.5) is 34.1 Å². The molecule has 572 valence electrons. The monoisotopic (exact) mass is 1490 g/mol. The SMILES string of the molecule is [2H]C([2H])(c1cc(-c2ccccc2)c(N2c3cc(-n4c5ccc(C(C)(C)C)cc5c5cc(C(C)(C)C)ccc54)ccc3B3c4ccc(-n5c6ccc(C(C)(C)C)cc6c6cc(C(C)(C)C)ccc65)cc4N(c4cc(-c5ccccc5)c(C([2H])([2H])C(C)(C)C)cc4-c4ccccc4)c4cc(CC(C)(C)C)cc2c43)cc1-c1ccccc1)C(C)(C)C. The van der Waals surface area contributed by atoms with Crippen molar-refractivity contribution < 1.29 is 5.48 Å². The number of rotatable bonds is 11. The number of aromatic nitrogens is 2. The van der Waals surface area contributed by atoms with Gasteiger partial charge in [-0.3, -0.25) is 0 Å². The lowest BCUT2D eigenvalue weighted by Gasteiger charge is -2.46. The van der Waals surface area contributed by atoms with Gasteiger partial charge in [-0.2, -0.15) is 0 Å². The standard InChI is InChI=1S/C109H113BN4/c1-103(2,3)66-69-54-100-102-101(55-69)114(97-65-83(71-36-28-23-29-37-71)75(68-105(7,8)9)57-85(97)73-40-32-25-33-41-73)99-63-81(112-94-52-44-78(108(16,17)18)60-88(94)89-61-79(109(19,20)21)45-53-95(89)112)47-49-91(99)110(102)90-48-46-80(111-92-50-42-76(106(10,11)12)58-86(92)87-59-77(107(13,14)15)43-51-93(87)111)62-98(90)113(100)96-64-82(70-34-26-22-27-35-70)74(67-104(4,5)6)56-84(96)72-38-30-24-31-39-72/h22-65H,66-68H2,1-21H3/i67D2,68D2. The molecule has 0 saturated heterocycles. The van der Waals surface area contributed by atoms with Gasteiger partial charge in [0.15, 0.2) is 0 Å². The molecule has 0 spiro atoms. The van der Waals surface area contributed by atoms with E-state index in [1.54, 1.807) is 0 Å². The molecule has 15 aromatic rings. The third-order valence-corrected chi connectivity index (χ3v) is 23.5. The van der Waals surface area contributed by atoms with Crippen LogP contribution >= 0.6 is 0 Å². The minimum atomic E-state index is -1.82. The van der Waals surface area contributed by atoms with Crippen LogP contribution in [0.3, 0.4) is 0 Å². The summed E-state index contributed by atoms with van der Waals surface area (Å²) in [6, 6.07) is 99.7. The predicted octanol–water partition coefficient (Wildman–Crippen LogP) is 28.6. The van der Waals surface area contributed by atoms with Crippen LogP contribution in [0.1, 0.15) is 190 Å². The molecular formula is C109H113BN4. The summed E-state index contributed by atoms with van der Waals surface area (Å²) in [5.41, 5.74) is 28.4. The van der Waals surface area contributed by atoms with Gasteiger partial charge in [0, 0.05) is 72.3 Å². The van der Waals surface area contributed by atoms with Crippen molar-refractivity contribution in [3.63, 3.8) is 0 Å². The lowest BCUT2D eigenvalue weighted by Crippen LogP contribution is -2.61. The number of fused-ring (bicyclic) bond motifs is 10. The summed E-state index contributed by atoms with van der Waals surface area (Å²) in [5, 5.41) is 4.85. The third-order valence-electron chi connectivity index (χ3n) is 23.5. The minimum absolute atomic E-state index is 0.104. The normalized spacial score (nSPS) is 14.3. The smallest absolute Gasteiger partial charge is 0.252 e. The van der Waals surface area contributed by atoms with E-state index in [1.807, 2.05) is 41.5 Å². The van der Waals surface area contributed by atoms with Crippen molar-refractivity contribution in [3.05, 3.63) is 306 Å². The van der Waals surface area contributed by atoms with E-state index in [1.165, 1.54) is 43.8 Å². The average Bonchev–Trinajstić information content (AvgIpc) is 0.875. The highest BCUT2D eigenvalue weighted by Crippen LogP contribution is 2.54. The first kappa shape index (κ1) is 70.9. The molecule has 17 rings (SSSR count). The van der Waals surface area contributed by atoms with Crippen LogP contribution in [-0.4, -0.2) is 15.8 Å². The molecule has 114 heavy (non-hydrogen) atoms. The van der Waals surface area contributed by atoms with Crippen molar-refractivity contribution in [1.82, 2.24) is 9.13 Å². The van der Waals surface area contributed by atoms with Crippen molar-refractivity contribution in [3.8, 4) is 55.9 Å². The molecular weight excluding hydrogens is 1380 g/mol. The molecule has 0 N–H and O–H groups in total. The Balaban J connectivity index is 1.07. The maximum absolute atomic E-state index is 10.5. The van der Waals surface area contributed by atoms with Crippen LogP contribution in [0.5, 0.6) is 0 Å². The molecule has 0 fully saturated rings. The number of benzene rings is 13. The molecule has 13 aromatic carbocycles. The Morgan fingerprint density at radius 2 is 0.570 bits per heavy atom. The second-order valence-electron chi connectivity index (χ2n) is 40.0. The lowest BCUT2D eigenvalue weighted by atomic mass is 9.33. The Labute approximate surface area is 685 Å². The number of hydrogen-bond acceptors (Lipinski definition) is 2. The first-order valence-electron chi connectivity index (χ1n) is 43.3.